The number of nitrogens with zero attached hydrogens (tertiary/aromatic N) is 3. The maximum absolute atomic E-state index is 13.7. The third-order valence-corrected chi connectivity index (χ3v) is 7.01. The Morgan fingerprint density at radius 3 is 2.03 bits per heavy atom. The number of Topliss-reactive ketones (excluding diaryl/α,β-unsaturated/α-hetero) is 1. The van der Waals surface area contributed by atoms with Crippen LogP contribution in [-0.4, -0.2) is 73.5 Å². The quantitative estimate of drug-likeness (QED) is 0.346. The summed E-state index contributed by atoms with van der Waals surface area (Å²) in [5, 5.41) is 4.32. The van der Waals surface area contributed by atoms with Gasteiger partial charge in [0, 0.05) is 48.5 Å². The second-order valence-corrected chi connectivity index (χ2v) is 9.49. The van der Waals surface area contributed by atoms with Gasteiger partial charge in [-0.1, -0.05) is 6.07 Å². The molecule has 1 aromatic heterocycles. The van der Waals surface area contributed by atoms with Crippen molar-refractivity contribution in [2.24, 2.45) is 0 Å². The molecule has 1 N–H and O–H groups in total. The minimum Gasteiger partial charge on any atom is -0.497 e. The topological polar surface area (TPSA) is 76.0 Å². The number of nitrogens with one attached hydrogen (secondary N) is 1. The summed E-state index contributed by atoms with van der Waals surface area (Å²) in [6.07, 6.45) is 0. The molecule has 1 aliphatic heterocycles. The van der Waals surface area contributed by atoms with E-state index in [0.717, 1.165) is 41.1 Å². The van der Waals surface area contributed by atoms with E-state index >= 15 is 0 Å². The van der Waals surface area contributed by atoms with Gasteiger partial charge in [0.1, 0.15) is 17.2 Å². The van der Waals surface area contributed by atoms with E-state index in [9.17, 15) is 9.59 Å². The van der Waals surface area contributed by atoms with E-state index < -0.39 is 0 Å². The molecule has 5 rings (SSSR count). The van der Waals surface area contributed by atoms with Crippen LogP contribution in [0.25, 0.3) is 10.9 Å². The summed E-state index contributed by atoms with van der Waals surface area (Å²) in [6, 6.07) is 22.6. The molecule has 0 bridgehead atoms. The molecule has 2 heterocycles. The van der Waals surface area contributed by atoms with Crippen LogP contribution >= 0.6 is 0 Å². The van der Waals surface area contributed by atoms with Gasteiger partial charge in [0.05, 0.1) is 26.3 Å². The van der Waals surface area contributed by atoms with E-state index in [0.29, 0.717) is 30.1 Å². The third-order valence-electron chi connectivity index (χ3n) is 7.01. The highest BCUT2D eigenvalue weighted by Gasteiger charge is 2.25. The first kappa shape index (κ1) is 25.4. The number of hydrogen-bond acceptors (Lipinski definition) is 6. The van der Waals surface area contributed by atoms with E-state index in [-0.39, 0.29) is 18.2 Å². The summed E-state index contributed by atoms with van der Waals surface area (Å²) < 4.78 is 12.3. The van der Waals surface area contributed by atoms with Gasteiger partial charge in [0.2, 0.25) is 0 Å². The van der Waals surface area contributed by atoms with Crippen molar-refractivity contribution in [3.63, 3.8) is 0 Å². The molecular formula is C30H32N4O4. The predicted octanol–water partition coefficient (Wildman–Crippen LogP) is 4.67. The molecule has 3 aromatic carbocycles. The first-order valence-electron chi connectivity index (χ1n) is 12.6. The van der Waals surface area contributed by atoms with E-state index in [2.05, 4.69) is 17.3 Å². The van der Waals surface area contributed by atoms with Crippen molar-refractivity contribution in [2.45, 2.75) is 6.54 Å². The average molecular weight is 513 g/mol. The Bertz CT molecular complexity index is 1440. The minimum atomic E-state index is -0.0777. The number of carbonyl (C=O) groups is 2. The number of carbonyl (C=O) groups excluding carboxylic acids is 2. The van der Waals surface area contributed by atoms with Crippen molar-refractivity contribution in [1.82, 2.24) is 14.4 Å². The zero-order valence-electron chi connectivity index (χ0n) is 21.9. The van der Waals surface area contributed by atoms with Gasteiger partial charge in [0.15, 0.2) is 5.78 Å². The number of methoxy groups -OCH3 is 2. The highest BCUT2D eigenvalue weighted by atomic mass is 16.5. The molecule has 0 spiro atoms. The third kappa shape index (κ3) is 5.35. The number of piperazine rings is 1. The standard InChI is InChI=1S/C30H32N4O4/c1-32-14-16-33(17-15-32)30(36)28-18-22-4-7-24(31-23-8-12-26(38-3)13-9-23)19-27(22)34(28)20-29(35)21-5-10-25(37-2)11-6-21/h4-13,18-19,31H,14-17,20H2,1-3H3. The van der Waals surface area contributed by atoms with Gasteiger partial charge >= 0.3 is 0 Å². The Balaban J connectivity index is 1.50. The van der Waals surface area contributed by atoms with Gasteiger partial charge in [0.25, 0.3) is 5.91 Å². The number of amides is 1. The van der Waals surface area contributed by atoms with Crippen LogP contribution in [0.3, 0.4) is 0 Å². The first-order chi connectivity index (χ1) is 18.4. The number of aromatic nitrogens is 1. The molecule has 8 heteroatoms. The fraction of sp³-hybridized carbons (Fsp3) is 0.267. The summed E-state index contributed by atoms with van der Waals surface area (Å²) in [4.78, 5) is 31.1. The summed E-state index contributed by atoms with van der Waals surface area (Å²) in [6.45, 7) is 3.02. The number of ketones is 1. The van der Waals surface area contributed by atoms with Crippen LogP contribution in [0.15, 0.2) is 72.8 Å². The lowest BCUT2D eigenvalue weighted by Crippen LogP contribution is -2.47. The van der Waals surface area contributed by atoms with Gasteiger partial charge in [-0.05, 0) is 73.8 Å². The van der Waals surface area contributed by atoms with Crippen LogP contribution in [0.5, 0.6) is 11.5 Å². The Morgan fingerprint density at radius 2 is 1.39 bits per heavy atom. The molecule has 196 valence electrons. The predicted molar refractivity (Wildman–Crippen MR) is 149 cm³/mol. The fourth-order valence-corrected chi connectivity index (χ4v) is 4.70. The van der Waals surface area contributed by atoms with E-state index in [4.69, 9.17) is 9.47 Å². The van der Waals surface area contributed by atoms with Crippen LogP contribution in [0.2, 0.25) is 0 Å². The highest BCUT2D eigenvalue weighted by molar-refractivity contribution is 6.02. The molecular weight excluding hydrogens is 480 g/mol. The zero-order chi connectivity index (χ0) is 26.6. The van der Waals surface area contributed by atoms with Gasteiger partial charge in [-0.2, -0.15) is 0 Å². The molecule has 0 aliphatic carbocycles. The lowest BCUT2D eigenvalue weighted by Gasteiger charge is -2.32. The monoisotopic (exact) mass is 512 g/mol. The molecule has 4 aromatic rings. The molecule has 1 amide bonds. The molecule has 1 aliphatic rings. The maximum Gasteiger partial charge on any atom is 0.270 e. The molecule has 0 unspecified atom stereocenters. The molecule has 1 saturated heterocycles. The zero-order valence-corrected chi connectivity index (χ0v) is 21.9. The summed E-state index contributed by atoms with van der Waals surface area (Å²) in [7, 11) is 5.29. The van der Waals surface area contributed by atoms with Crippen molar-refractivity contribution < 1.29 is 19.1 Å². The van der Waals surface area contributed by atoms with Crippen LogP contribution in [0.4, 0.5) is 11.4 Å². The van der Waals surface area contributed by atoms with Crippen molar-refractivity contribution >= 4 is 34.0 Å². The Hall–Kier alpha value is -4.30. The van der Waals surface area contributed by atoms with Crippen molar-refractivity contribution in [3.05, 3.63) is 84.1 Å². The summed E-state index contributed by atoms with van der Waals surface area (Å²) in [5.41, 5.74) is 3.68. The number of fused-ring (bicyclic) bond motifs is 1. The highest BCUT2D eigenvalue weighted by Crippen LogP contribution is 2.28. The largest absolute Gasteiger partial charge is 0.497 e. The Labute approximate surface area is 222 Å². The number of rotatable bonds is 8. The first-order valence-corrected chi connectivity index (χ1v) is 12.6. The van der Waals surface area contributed by atoms with Gasteiger partial charge in [-0.25, -0.2) is 0 Å². The second kappa shape index (κ2) is 11.0. The molecule has 0 radical (unpaired) electrons. The van der Waals surface area contributed by atoms with E-state index in [1.165, 1.54) is 0 Å². The SMILES string of the molecule is COc1ccc(Nc2ccc3cc(C(=O)N4CCN(C)CC4)n(CC(=O)c4ccc(OC)cc4)c3c2)cc1. The Kier molecular flexibility index (Phi) is 7.33. The van der Waals surface area contributed by atoms with E-state index in [1.54, 1.807) is 38.5 Å². The van der Waals surface area contributed by atoms with Crippen LogP contribution in [-0.2, 0) is 6.54 Å². The number of likely N-dealkylation sites (N-methyl/N-ethyl adjacent to an activating group) is 1. The minimum absolute atomic E-state index is 0.0522. The van der Waals surface area contributed by atoms with Gasteiger partial charge in [-0.15, -0.1) is 0 Å². The molecule has 1 fully saturated rings. The van der Waals surface area contributed by atoms with Gasteiger partial charge in [-0.3, -0.25) is 9.59 Å². The number of benzene rings is 3. The molecule has 0 atom stereocenters. The van der Waals surface area contributed by atoms with Crippen molar-refractivity contribution in [3.8, 4) is 11.5 Å². The van der Waals surface area contributed by atoms with Crippen LogP contribution < -0.4 is 14.8 Å². The summed E-state index contributed by atoms with van der Waals surface area (Å²) >= 11 is 0. The molecule has 0 saturated carbocycles. The van der Waals surface area contributed by atoms with Crippen molar-refractivity contribution in [1.29, 1.82) is 0 Å². The normalized spacial score (nSPS) is 13.9. The van der Waals surface area contributed by atoms with Gasteiger partial charge < -0.3 is 29.2 Å². The lowest BCUT2D eigenvalue weighted by molar-refractivity contribution is 0.0653. The van der Waals surface area contributed by atoms with Crippen LogP contribution in [0, 0.1) is 0 Å². The number of anilines is 2. The fourth-order valence-electron chi connectivity index (χ4n) is 4.70. The van der Waals surface area contributed by atoms with E-state index in [1.807, 2.05) is 58.0 Å². The Morgan fingerprint density at radius 1 is 0.789 bits per heavy atom. The van der Waals surface area contributed by atoms with Crippen LogP contribution in [0.1, 0.15) is 20.8 Å². The number of hydrogen-bond donors (Lipinski definition) is 1. The summed E-state index contributed by atoms with van der Waals surface area (Å²) in [5.74, 6) is 1.34. The number of ether oxygens (including phenoxy) is 2. The lowest BCUT2D eigenvalue weighted by atomic mass is 10.1. The second-order valence-electron chi connectivity index (χ2n) is 9.49. The van der Waals surface area contributed by atoms with Crippen molar-refractivity contribution in [2.75, 3.05) is 52.8 Å². The maximum atomic E-state index is 13.7. The molecule has 38 heavy (non-hydrogen) atoms. The molecule has 8 nitrogen and oxygen atoms in total. The smallest absolute Gasteiger partial charge is 0.270 e. The average Bonchev–Trinajstić information content (AvgIpc) is 3.31.